The van der Waals surface area contributed by atoms with E-state index in [1.54, 1.807) is 11.0 Å². The fourth-order valence-electron chi connectivity index (χ4n) is 4.24. The van der Waals surface area contributed by atoms with Crippen molar-refractivity contribution in [3.63, 3.8) is 0 Å². The van der Waals surface area contributed by atoms with Gasteiger partial charge in [0.05, 0.1) is 19.3 Å². The molecule has 3 aliphatic rings. The standard InChI is InChI=1S/C21H28FN3O3/c22-17-4-1-3-16(13-17)19(24-9-11-28-12-10-24)14-23-20(26)18-5-2-8-25(18)21(27)15-6-7-15/h1,3-4,13,15,18-19H,2,5-12,14H2,(H,23,26). The molecule has 0 spiro atoms. The van der Waals surface area contributed by atoms with Crippen LogP contribution in [-0.2, 0) is 14.3 Å². The van der Waals surface area contributed by atoms with E-state index in [0.717, 1.165) is 37.9 Å². The smallest absolute Gasteiger partial charge is 0.242 e. The van der Waals surface area contributed by atoms with E-state index in [0.29, 0.717) is 32.7 Å². The highest BCUT2D eigenvalue weighted by molar-refractivity contribution is 5.90. The minimum Gasteiger partial charge on any atom is -0.379 e. The Hall–Kier alpha value is -1.99. The third-order valence-corrected chi connectivity index (χ3v) is 5.95. The lowest BCUT2D eigenvalue weighted by Gasteiger charge is -2.35. The fourth-order valence-corrected chi connectivity index (χ4v) is 4.24. The number of ether oxygens (including phenoxy) is 1. The number of morpholine rings is 1. The van der Waals surface area contributed by atoms with Crippen molar-refractivity contribution in [2.24, 2.45) is 5.92 Å². The molecule has 6 nitrogen and oxygen atoms in total. The molecule has 1 aliphatic carbocycles. The molecule has 2 saturated heterocycles. The van der Waals surface area contributed by atoms with Crippen LogP contribution < -0.4 is 5.32 Å². The van der Waals surface area contributed by atoms with Crippen LogP contribution >= 0.6 is 0 Å². The first-order valence-corrected chi connectivity index (χ1v) is 10.3. The van der Waals surface area contributed by atoms with Gasteiger partial charge in [0.2, 0.25) is 11.8 Å². The van der Waals surface area contributed by atoms with Crippen LogP contribution in [0.2, 0.25) is 0 Å². The first-order valence-electron chi connectivity index (χ1n) is 10.3. The summed E-state index contributed by atoms with van der Waals surface area (Å²) in [7, 11) is 0. The van der Waals surface area contributed by atoms with Gasteiger partial charge in [0.1, 0.15) is 11.9 Å². The number of carbonyl (C=O) groups excluding carboxylic acids is 2. The molecular formula is C21H28FN3O3. The number of halogens is 1. The second kappa shape index (κ2) is 8.57. The number of amides is 2. The Labute approximate surface area is 165 Å². The van der Waals surface area contributed by atoms with Gasteiger partial charge >= 0.3 is 0 Å². The zero-order valence-corrected chi connectivity index (χ0v) is 16.1. The second-order valence-corrected chi connectivity index (χ2v) is 7.93. The number of hydrogen-bond donors (Lipinski definition) is 1. The molecule has 1 N–H and O–H groups in total. The Kier molecular flexibility index (Phi) is 5.92. The molecule has 2 amide bonds. The van der Waals surface area contributed by atoms with Gasteiger partial charge < -0.3 is 15.0 Å². The topological polar surface area (TPSA) is 61.9 Å². The van der Waals surface area contributed by atoms with Gasteiger partial charge in [0.25, 0.3) is 0 Å². The molecule has 0 bridgehead atoms. The summed E-state index contributed by atoms with van der Waals surface area (Å²) in [5.41, 5.74) is 0.847. The summed E-state index contributed by atoms with van der Waals surface area (Å²) in [6, 6.07) is 6.08. The number of benzene rings is 1. The van der Waals surface area contributed by atoms with Gasteiger partial charge in [-0.15, -0.1) is 0 Å². The van der Waals surface area contributed by atoms with Gasteiger partial charge in [-0.05, 0) is 43.4 Å². The van der Waals surface area contributed by atoms with Crippen LogP contribution in [0.4, 0.5) is 4.39 Å². The van der Waals surface area contributed by atoms with E-state index in [1.807, 2.05) is 6.07 Å². The molecule has 28 heavy (non-hydrogen) atoms. The number of nitrogens with zero attached hydrogens (tertiary/aromatic N) is 2. The first-order chi connectivity index (χ1) is 13.6. The molecule has 2 atom stereocenters. The monoisotopic (exact) mass is 389 g/mol. The lowest BCUT2D eigenvalue weighted by atomic mass is 10.0. The maximum atomic E-state index is 13.8. The lowest BCUT2D eigenvalue weighted by Crippen LogP contribution is -2.49. The van der Waals surface area contributed by atoms with Crippen molar-refractivity contribution in [3.05, 3.63) is 35.6 Å². The Morgan fingerprint density at radius 1 is 1.18 bits per heavy atom. The van der Waals surface area contributed by atoms with Crippen molar-refractivity contribution >= 4 is 11.8 Å². The normalized spacial score (nSPS) is 24.2. The largest absolute Gasteiger partial charge is 0.379 e. The highest BCUT2D eigenvalue weighted by Crippen LogP contribution is 2.33. The Bertz CT molecular complexity index is 719. The predicted octanol–water partition coefficient (Wildman–Crippen LogP) is 1.72. The van der Waals surface area contributed by atoms with Gasteiger partial charge in [-0.25, -0.2) is 4.39 Å². The van der Waals surface area contributed by atoms with E-state index in [1.165, 1.54) is 12.1 Å². The molecule has 3 fully saturated rings. The Morgan fingerprint density at radius 2 is 1.96 bits per heavy atom. The number of nitrogens with one attached hydrogen (secondary N) is 1. The van der Waals surface area contributed by atoms with Crippen molar-refractivity contribution in [2.45, 2.75) is 37.8 Å². The Balaban J connectivity index is 1.43. The van der Waals surface area contributed by atoms with Gasteiger partial charge in [0.15, 0.2) is 0 Å². The molecule has 152 valence electrons. The number of carbonyl (C=O) groups is 2. The average Bonchev–Trinajstić information content (AvgIpc) is 3.44. The van der Waals surface area contributed by atoms with Crippen molar-refractivity contribution in [1.82, 2.24) is 15.1 Å². The van der Waals surface area contributed by atoms with Crippen molar-refractivity contribution in [3.8, 4) is 0 Å². The highest BCUT2D eigenvalue weighted by Gasteiger charge is 2.41. The third-order valence-electron chi connectivity index (χ3n) is 5.95. The number of rotatable bonds is 6. The van der Waals surface area contributed by atoms with Crippen LogP contribution in [0.5, 0.6) is 0 Å². The molecule has 0 aromatic heterocycles. The van der Waals surface area contributed by atoms with Gasteiger partial charge in [-0.1, -0.05) is 12.1 Å². The molecule has 1 aromatic rings. The summed E-state index contributed by atoms with van der Waals surface area (Å²) in [4.78, 5) is 29.3. The maximum absolute atomic E-state index is 13.8. The van der Waals surface area contributed by atoms with Crippen LogP contribution in [-0.4, -0.2) is 67.0 Å². The van der Waals surface area contributed by atoms with Crippen molar-refractivity contribution in [2.75, 3.05) is 39.4 Å². The molecule has 7 heteroatoms. The number of hydrogen-bond acceptors (Lipinski definition) is 4. The third kappa shape index (κ3) is 4.36. The number of likely N-dealkylation sites (tertiary alicyclic amines) is 1. The van der Waals surface area contributed by atoms with Gasteiger partial charge in [-0.2, -0.15) is 0 Å². The molecule has 2 heterocycles. The SMILES string of the molecule is O=C(NCC(c1cccc(F)c1)N1CCOCC1)C1CCCN1C(=O)C1CC1. The molecule has 2 unspecified atom stereocenters. The second-order valence-electron chi connectivity index (χ2n) is 7.93. The van der Waals surface area contributed by atoms with Crippen LogP contribution in [0, 0.1) is 11.7 Å². The van der Waals surface area contributed by atoms with Crippen LogP contribution in [0.3, 0.4) is 0 Å². The van der Waals surface area contributed by atoms with Gasteiger partial charge in [0, 0.05) is 32.1 Å². The Morgan fingerprint density at radius 3 is 2.68 bits per heavy atom. The molecular weight excluding hydrogens is 361 g/mol. The van der Waals surface area contributed by atoms with Crippen LogP contribution in [0.1, 0.15) is 37.3 Å². The van der Waals surface area contributed by atoms with Crippen LogP contribution in [0.25, 0.3) is 0 Å². The highest BCUT2D eigenvalue weighted by atomic mass is 19.1. The van der Waals surface area contributed by atoms with E-state index in [9.17, 15) is 14.0 Å². The van der Waals surface area contributed by atoms with E-state index < -0.39 is 0 Å². The van der Waals surface area contributed by atoms with E-state index in [-0.39, 0.29) is 35.6 Å². The molecule has 1 saturated carbocycles. The van der Waals surface area contributed by atoms with Crippen molar-refractivity contribution in [1.29, 1.82) is 0 Å². The molecule has 4 rings (SSSR count). The molecule has 0 radical (unpaired) electrons. The summed E-state index contributed by atoms with van der Waals surface area (Å²) < 4.78 is 19.2. The van der Waals surface area contributed by atoms with Gasteiger partial charge in [-0.3, -0.25) is 14.5 Å². The van der Waals surface area contributed by atoms with E-state index in [2.05, 4.69) is 10.2 Å². The summed E-state index contributed by atoms with van der Waals surface area (Å²) >= 11 is 0. The molecule has 1 aromatic carbocycles. The summed E-state index contributed by atoms with van der Waals surface area (Å²) in [6.45, 7) is 3.81. The van der Waals surface area contributed by atoms with Crippen molar-refractivity contribution < 1.29 is 18.7 Å². The lowest BCUT2D eigenvalue weighted by molar-refractivity contribution is -0.139. The maximum Gasteiger partial charge on any atom is 0.242 e. The molecule has 2 aliphatic heterocycles. The van der Waals surface area contributed by atoms with E-state index >= 15 is 0 Å². The summed E-state index contributed by atoms with van der Waals surface area (Å²) in [5, 5.41) is 3.05. The minimum atomic E-state index is -0.369. The summed E-state index contributed by atoms with van der Waals surface area (Å²) in [6.07, 6.45) is 3.48. The zero-order valence-electron chi connectivity index (χ0n) is 16.1. The zero-order chi connectivity index (χ0) is 19.5. The summed E-state index contributed by atoms with van der Waals surface area (Å²) in [5.74, 6) is -0.116. The van der Waals surface area contributed by atoms with Crippen LogP contribution in [0.15, 0.2) is 24.3 Å². The quantitative estimate of drug-likeness (QED) is 0.805. The first kappa shape index (κ1) is 19.3. The minimum absolute atomic E-state index is 0.0961. The predicted molar refractivity (Wildman–Crippen MR) is 102 cm³/mol. The fraction of sp³-hybridized carbons (Fsp3) is 0.619. The van der Waals surface area contributed by atoms with E-state index in [4.69, 9.17) is 4.74 Å². The average molecular weight is 389 g/mol.